The molecule has 1 unspecified atom stereocenters. The maximum atomic E-state index is 12.5. The molecule has 170 valence electrons. The zero-order valence-electron chi connectivity index (χ0n) is 18.3. The Bertz CT molecular complexity index is 1030. The number of aromatic nitrogens is 1. The average Bonchev–Trinajstić information content (AvgIpc) is 3.03. The molecule has 1 heterocycles. The summed E-state index contributed by atoms with van der Waals surface area (Å²) in [4.78, 5) is 24.7. The lowest BCUT2D eigenvalue weighted by Gasteiger charge is -2.14. The predicted molar refractivity (Wildman–Crippen MR) is 114 cm³/mol. The molecule has 2 aromatic rings. The van der Waals surface area contributed by atoms with Crippen LogP contribution in [-0.2, 0) is 30.8 Å². The topological polar surface area (TPSA) is 113 Å². The van der Waals surface area contributed by atoms with E-state index in [9.17, 15) is 18.0 Å². The van der Waals surface area contributed by atoms with Gasteiger partial charge in [-0.1, -0.05) is 0 Å². The summed E-state index contributed by atoms with van der Waals surface area (Å²) < 4.78 is 44.2. The molecule has 1 aromatic heterocycles. The van der Waals surface area contributed by atoms with Crippen LogP contribution >= 0.6 is 0 Å². The Hall–Kier alpha value is -2.69. The molecule has 0 saturated carbocycles. The summed E-state index contributed by atoms with van der Waals surface area (Å²) in [7, 11) is -0.873. The number of ether oxygens (including phenoxy) is 3. The van der Waals surface area contributed by atoms with Crippen LogP contribution in [0.4, 0.5) is 0 Å². The number of rotatable bonds is 11. The number of hydrogen-bond acceptors (Lipinski definition) is 7. The molecule has 0 fully saturated rings. The van der Waals surface area contributed by atoms with Crippen LogP contribution in [0.5, 0.6) is 5.75 Å². The lowest BCUT2D eigenvalue weighted by atomic mass is 10.1. The zero-order valence-corrected chi connectivity index (χ0v) is 19.1. The second kappa shape index (κ2) is 10.6. The van der Waals surface area contributed by atoms with Gasteiger partial charge in [0.15, 0.2) is 6.61 Å². The van der Waals surface area contributed by atoms with Gasteiger partial charge in [0.25, 0.3) is 0 Å². The highest BCUT2D eigenvalue weighted by atomic mass is 32.2. The van der Waals surface area contributed by atoms with Crippen molar-refractivity contribution in [1.82, 2.24) is 9.29 Å². The van der Waals surface area contributed by atoms with Gasteiger partial charge in [0.2, 0.25) is 15.8 Å². The van der Waals surface area contributed by atoms with Crippen molar-refractivity contribution in [2.75, 3.05) is 27.4 Å². The fourth-order valence-electron chi connectivity index (χ4n) is 3.05. The molecule has 0 aliphatic heterocycles. The summed E-state index contributed by atoms with van der Waals surface area (Å²) in [6, 6.07) is 6.29. The summed E-state index contributed by atoms with van der Waals surface area (Å²) in [6.07, 6.45) is 0. The third kappa shape index (κ3) is 6.16. The van der Waals surface area contributed by atoms with Crippen LogP contribution in [0.3, 0.4) is 0 Å². The van der Waals surface area contributed by atoms with Gasteiger partial charge in [0.1, 0.15) is 11.8 Å². The summed E-state index contributed by atoms with van der Waals surface area (Å²) in [5.74, 6) is -0.708. The van der Waals surface area contributed by atoms with Gasteiger partial charge in [-0.05, 0) is 51.1 Å². The van der Waals surface area contributed by atoms with Crippen molar-refractivity contribution in [3.8, 4) is 5.75 Å². The largest absolute Gasteiger partial charge is 0.497 e. The van der Waals surface area contributed by atoms with Crippen LogP contribution in [0.25, 0.3) is 0 Å². The average molecular weight is 453 g/mol. The van der Waals surface area contributed by atoms with Gasteiger partial charge >= 0.3 is 5.97 Å². The molecule has 10 heteroatoms. The minimum Gasteiger partial charge on any atom is -0.497 e. The second-order valence-corrected chi connectivity index (χ2v) is 8.69. The Morgan fingerprint density at radius 1 is 1.13 bits per heavy atom. The molecule has 0 aliphatic carbocycles. The smallest absolute Gasteiger partial charge is 0.324 e. The predicted octanol–water partition coefficient (Wildman–Crippen LogP) is 1.85. The Kier molecular flexibility index (Phi) is 8.37. The molecule has 1 aromatic carbocycles. The summed E-state index contributed by atoms with van der Waals surface area (Å²) in [6.45, 7) is 5.66. The zero-order chi connectivity index (χ0) is 23.2. The maximum Gasteiger partial charge on any atom is 0.324 e. The second-order valence-electron chi connectivity index (χ2n) is 6.98. The highest BCUT2D eigenvalue weighted by Crippen LogP contribution is 2.17. The van der Waals surface area contributed by atoms with Crippen LogP contribution in [0.15, 0.2) is 35.2 Å². The van der Waals surface area contributed by atoms with Gasteiger partial charge in [-0.15, -0.1) is 0 Å². The van der Waals surface area contributed by atoms with Gasteiger partial charge in [-0.3, -0.25) is 9.59 Å². The fourth-order valence-corrected chi connectivity index (χ4v) is 4.25. The van der Waals surface area contributed by atoms with Crippen LogP contribution in [0.1, 0.15) is 28.7 Å². The van der Waals surface area contributed by atoms with E-state index in [2.05, 4.69) is 4.72 Å². The number of methoxy groups -OCH3 is 2. The van der Waals surface area contributed by atoms with Crippen molar-refractivity contribution in [3.63, 3.8) is 0 Å². The molecular formula is C21H28N2O7S. The van der Waals surface area contributed by atoms with Crippen molar-refractivity contribution in [1.29, 1.82) is 0 Å². The number of ketones is 1. The lowest BCUT2D eigenvalue weighted by Crippen LogP contribution is -2.40. The van der Waals surface area contributed by atoms with Gasteiger partial charge in [0, 0.05) is 30.6 Å². The normalized spacial score (nSPS) is 12.4. The Balaban J connectivity index is 1.98. The molecule has 31 heavy (non-hydrogen) atoms. The lowest BCUT2D eigenvalue weighted by molar-refractivity contribution is -0.144. The first-order chi connectivity index (χ1) is 14.6. The number of Topliss-reactive ketones (excluding diaryl/α,β-unsaturated/α-hetero) is 1. The number of esters is 1. The molecule has 0 radical (unpaired) electrons. The molecule has 0 bridgehead atoms. The van der Waals surface area contributed by atoms with E-state index in [4.69, 9.17) is 14.2 Å². The van der Waals surface area contributed by atoms with E-state index in [-0.39, 0.29) is 10.7 Å². The van der Waals surface area contributed by atoms with Crippen molar-refractivity contribution >= 4 is 21.8 Å². The van der Waals surface area contributed by atoms with Crippen LogP contribution in [0, 0.1) is 13.8 Å². The van der Waals surface area contributed by atoms with Crippen molar-refractivity contribution in [3.05, 3.63) is 47.3 Å². The van der Waals surface area contributed by atoms with E-state index in [0.29, 0.717) is 24.5 Å². The van der Waals surface area contributed by atoms with Gasteiger partial charge < -0.3 is 18.8 Å². The number of nitrogens with one attached hydrogen (secondary N) is 1. The molecule has 1 N–H and O–H groups in total. The number of benzene rings is 1. The molecular weight excluding hydrogens is 424 g/mol. The first kappa shape index (κ1) is 24.6. The van der Waals surface area contributed by atoms with E-state index in [1.165, 1.54) is 38.3 Å². The van der Waals surface area contributed by atoms with E-state index < -0.39 is 28.6 Å². The Morgan fingerprint density at radius 3 is 2.35 bits per heavy atom. The van der Waals surface area contributed by atoms with E-state index in [1.807, 2.05) is 18.4 Å². The molecule has 1 atom stereocenters. The molecule has 0 aliphatic rings. The summed E-state index contributed by atoms with van der Waals surface area (Å²) in [5, 5.41) is 0. The van der Waals surface area contributed by atoms with Crippen molar-refractivity contribution < 1.29 is 32.2 Å². The number of nitrogens with zero attached hydrogens (tertiary/aromatic N) is 1. The third-order valence-corrected chi connectivity index (χ3v) is 6.35. The summed E-state index contributed by atoms with van der Waals surface area (Å²) in [5.41, 5.74) is 2.10. The van der Waals surface area contributed by atoms with Crippen LogP contribution < -0.4 is 9.46 Å². The molecule has 0 amide bonds. The SMILES string of the molecule is COCCn1c(C)cc(C(=O)COC(=O)C(C)NS(=O)(=O)c2ccc(OC)cc2)c1C. The standard InChI is InChI=1S/C21H28N2O7S/c1-14-12-19(16(3)23(14)10-11-28-4)20(24)13-30-21(25)15(2)22-31(26,27)18-8-6-17(29-5)7-9-18/h6-9,12,15,22H,10-11,13H2,1-5H3. The number of carbonyl (C=O) groups is 2. The third-order valence-electron chi connectivity index (χ3n) is 4.79. The number of carbonyl (C=O) groups excluding carboxylic acids is 2. The van der Waals surface area contributed by atoms with Gasteiger partial charge in [-0.25, -0.2) is 8.42 Å². The monoisotopic (exact) mass is 452 g/mol. The number of aryl methyl sites for hydroxylation is 1. The molecule has 0 spiro atoms. The Labute approximate surface area is 182 Å². The Morgan fingerprint density at radius 2 is 1.77 bits per heavy atom. The molecule has 9 nitrogen and oxygen atoms in total. The van der Waals surface area contributed by atoms with E-state index in [1.54, 1.807) is 13.2 Å². The van der Waals surface area contributed by atoms with Gasteiger partial charge in [0.05, 0.1) is 18.6 Å². The number of hydrogen-bond donors (Lipinski definition) is 1. The summed E-state index contributed by atoms with van der Waals surface area (Å²) >= 11 is 0. The van der Waals surface area contributed by atoms with E-state index in [0.717, 1.165) is 11.4 Å². The van der Waals surface area contributed by atoms with E-state index >= 15 is 0 Å². The molecule has 2 rings (SSSR count). The highest BCUT2D eigenvalue weighted by molar-refractivity contribution is 7.89. The fraction of sp³-hybridized carbons (Fsp3) is 0.429. The highest BCUT2D eigenvalue weighted by Gasteiger charge is 2.24. The number of sulfonamides is 1. The minimum atomic E-state index is -3.94. The maximum absolute atomic E-state index is 12.5. The first-order valence-electron chi connectivity index (χ1n) is 9.62. The van der Waals surface area contributed by atoms with Crippen LogP contribution in [-0.4, -0.2) is 58.2 Å². The van der Waals surface area contributed by atoms with Crippen molar-refractivity contribution in [2.24, 2.45) is 0 Å². The van der Waals surface area contributed by atoms with Crippen molar-refractivity contribution in [2.45, 2.75) is 38.3 Å². The minimum absolute atomic E-state index is 0.0208. The molecule has 0 saturated heterocycles. The first-order valence-corrected chi connectivity index (χ1v) is 11.1. The quantitative estimate of drug-likeness (QED) is 0.409. The van der Waals surface area contributed by atoms with Crippen LogP contribution in [0.2, 0.25) is 0 Å². The van der Waals surface area contributed by atoms with Gasteiger partial charge in [-0.2, -0.15) is 4.72 Å².